The first-order valence-electron chi connectivity index (χ1n) is 9.27. The molecule has 0 spiro atoms. The van der Waals surface area contributed by atoms with E-state index in [0.717, 1.165) is 18.4 Å². The number of nitrogen functional groups attached to an aromatic ring is 1. The molecule has 3 aromatic rings. The molecule has 1 aliphatic heterocycles. The normalized spacial score (nSPS) is 15.9. The molecule has 1 aromatic carbocycles. The number of amides is 2. The van der Waals surface area contributed by atoms with E-state index in [1.54, 1.807) is 48.5 Å². The highest BCUT2D eigenvalue weighted by molar-refractivity contribution is 5.95. The fraction of sp³-hybridized carbons (Fsp3) is 0.238. The van der Waals surface area contributed by atoms with E-state index < -0.39 is 5.91 Å². The predicted molar refractivity (Wildman–Crippen MR) is 108 cm³/mol. The highest BCUT2D eigenvalue weighted by Crippen LogP contribution is 2.36. The quantitative estimate of drug-likeness (QED) is 0.663. The molecule has 1 aliphatic rings. The minimum atomic E-state index is -0.495. The maximum absolute atomic E-state index is 12.4. The van der Waals surface area contributed by atoms with Crippen LogP contribution in [0.15, 0.2) is 36.7 Å². The van der Waals surface area contributed by atoms with E-state index >= 15 is 0 Å². The lowest BCUT2D eigenvalue weighted by atomic mass is 10.1. The summed E-state index contributed by atoms with van der Waals surface area (Å²) in [6.45, 7) is 2.28. The van der Waals surface area contributed by atoms with Crippen LogP contribution in [0.25, 0.3) is 16.8 Å². The third-order valence-electron chi connectivity index (χ3n) is 5.10. The van der Waals surface area contributed by atoms with E-state index in [1.165, 1.54) is 0 Å². The molecule has 8 heteroatoms. The summed E-state index contributed by atoms with van der Waals surface area (Å²) in [4.78, 5) is 34.6. The smallest absolute Gasteiger partial charge is 0.299 e. The molecule has 1 fully saturated rings. The molecule has 2 amide bonds. The summed E-state index contributed by atoms with van der Waals surface area (Å²) in [5.41, 5.74) is 14.0. The Morgan fingerprint density at radius 1 is 1.24 bits per heavy atom. The number of benzene rings is 1. The molecule has 29 heavy (non-hydrogen) atoms. The van der Waals surface area contributed by atoms with Crippen molar-refractivity contribution in [3.63, 3.8) is 0 Å². The van der Waals surface area contributed by atoms with Gasteiger partial charge in [0.25, 0.3) is 5.91 Å². The Balaban J connectivity index is 1.86. The third-order valence-corrected chi connectivity index (χ3v) is 5.10. The lowest BCUT2D eigenvalue weighted by Gasteiger charge is -2.21. The fourth-order valence-electron chi connectivity index (χ4n) is 3.77. The summed E-state index contributed by atoms with van der Waals surface area (Å²) in [7, 11) is 0. The number of rotatable bonds is 3. The number of carbonyl (C=O) groups excluding carboxylic acids is 2. The van der Waals surface area contributed by atoms with Crippen molar-refractivity contribution >= 4 is 23.1 Å². The van der Waals surface area contributed by atoms with Crippen molar-refractivity contribution in [2.45, 2.75) is 25.8 Å². The fourth-order valence-corrected chi connectivity index (χ4v) is 3.77. The summed E-state index contributed by atoms with van der Waals surface area (Å²) in [5, 5.41) is 0. The van der Waals surface area contributed by atoms with Crippen LogP contribution in [0, 0.1) is 11.8 Å². The average molecular weight is 388 g/mol. The number of anilines is 1. The number of fused-ring (bicyclic) bond motifs is 1. The highest BCUT2D eigenvalue weighted by atomic mass is 16.2. The molecule has 0 radical (unpaired) electrons. The predicted octanol–water partition coefficient (Wildman–Crippen LogP) is 1.76. The molecule has 0 saturated carbocycles. The number of likely N-dealkylation sites (tertiary alicyclic amines) is 1. The zero-order chi connectivity index (χ0) is 20.5. The Bertz CT molecular complexity index is 1170. The molecule has 3 heterocycles. The van der Waals surface area contributed by atoms with Crippen LogP contribution in [0.5, 0.6) is 0 Å². The maximum Gasteiger partial charge on any atom is 0.299 e. The van der Waals surface area contributed by atoms with E-state index in [9.17, 15) is 9.59 Å². The van der Waals surface area contributed by atoms with Crippen LogP contribution in [-0.2, 0) is 4.79 Å². The van der Waals surface area contributed by atoms with Gasteiger partial charge in [-0.3, -0.25) is 14.0 Å². The lowest BCUT2D eigenvalue weighted by molar-refractivity contribution is -0.126. The third kappa shape index (κ3) is 3.17. The molecule has 2 aromatic heterocycles. The Kier molecular flexibility index (Phi) is 4.64. The van der Waals surface area contributed by atoms with E-state index in [4.69, 9.17) is 16.5 Å². The van der Waals surface area contributed by atoms with Crippen LogP contribution < -0.4 is 11.5 Å². The van der Waals surface area contributed by atoms with Crippen molar-refractivity contribution in [1.82, 2.24) is 19.3 Å². The van der Waals surface area contributed by atoms with Crippen LogP contribution >= 0.6 is 0 Å². The van der Waals surface area contributed by atoms with Gasteiger partial charge in [0.05, 0.1) is 6.04 Å². The number of nitrogens with two attached hydrogens (primary N) is 2. The molecule has 1 saturated heterocycles. The topological polar surface area (TPSA) is 120 Å². The first-order valence-corrected chi connectivity index (χ1v) is 9.27. The van der Waals surface area contributed by atoms with Crippen molar-refractivity contribution in [1.29, 1.82) is 0 Å². The number of hydrogen-bond acceptors (Lipinski definition) is 5. The number of hydrogen-bond donors (Lipinski definition) is 2. The standard InChI is InChI=1S/C21H20N6O2/c1-2-4-16(28)26-11-3-5-15(26)21-25-17(18-19(22)24-10-12-27(18)21)13-6-8-14(9-7-13)20(23)29/h6-10,12,15H,3,5,11H2,1H3,(H2,22,24)(H2,23,29)/t15-/m0/s1. The van der Waals surface area contributed by atoms with Crippen LogP contribution in [0.4, 0.5) is 5.82 Å². The summed E-state index contributed by atoms with van der Waals surface area (Å²) in [6.07, 6.45) is 5.07. The first-order chi connectivity index (χ1) is 14.0. The van der Waals surface area contributed by atoms with E-state index in [1.807, 2.05) is 4.40 Å². The number of aromatic nitrogens is 3. The summed E-state index contributed by atoms with van der Waals surface area (Å²) >= 11 is 0. The van der Waals surface area contributed by atoms with Gasteiger partial charge in [-0.05, 0) is 37.8 Å². The van der Waals surface area contributed by atoms with Gasteiger partial charge in [0.1, 0.15) is 22.9 Å². The van der Waals surface area contributed by atoms with Gasteiger partial charge in [-0.2, -0.15) is 0 Å². The second kappa shape index (κ2) is 7.28. The van der Waals surface area contributed by atoms with Crippen LogP contribution in [0.3, 0.4) is 0 Å². The number of nitrogens with zero attached hydrogens (tertiary/aromatic N) is 4. The molecule has 4 N–H and O–H groups in total. The van der Waals surface area contributed by atoms with Gasteiger partial charge in [0.15, 0.2) is 0 Å². The monoisotopic (exact) mass is 388 g/mol. The summed E-state index contributed by atoms with van der Waals surface area (Å²) < 4.78 is 1.88. The molecule has 1 atom stereocenters. The molecule has 0 unspecified atom stereocenters. The van der Waals surface area contributed by atoms with Crippen molar-refractivity contribution in [2.24, 2.45) is 5.73 Å². The Hall–Kier alpha value is -3.86. The SMILES string of the molecule is CC#CC(=O)N1CCC[C@H]1c1nc(-c2ccc(C(N)=O)cc2)c2c(N)nccn12. The second-order valence-corrected chi connectivity index (χ2v) is 6.82. The molecule has 0 aliphatic carbocycles. The largest absolute Gasteiger partial charge is 0.382 e. The van der Waals surface area contributed by atoms with E-state index in [2.05, 4.69) is 16.8 Å². The van der Waals surface area contributed by atoms with Gasteiger partial charge in [0, 0.05) is 30.1 Å². The van der Waals surface area contributed by atoms with Crippen molar-refractivity contribution < 1.29 is 9.59 Å². The average Bonchev–Trinajstić information content (AvgIpc) is 3.33. The van der Waals surface area contributed by atoms with Crippen LogP contribution in [-0.4, -0.2) is 37.6 Å². The van der Waals surface area contributed by atoms with Gasteiger partial charge in [0.2, 0.25) is 5.91 Å². The zero-order valence-electron chi connectivity index (χ0n) is 15.9. The minimum absolute atomic E-state index is 0.198. The van der Waals surface area contributed by atoms with Gasteiger partial charge in [-0.15, -0.1) is 0 Å². The molecule has 8 nitrogen and oxygen atoms in total. The van der Waals surface area contributed by atoms with Crippen molar-refractivity contribution in [2.75, 3.05) is 12.3 Å². The maximum atomic E-state index is 12.4. The van der Waals surface area contributed by atoms with Crippen LogP contribution in [0.2, 0.25) is 0 Å². The number of imidazole rings is 1. The van der Waals surface area contributed by atoms with E-state index in [-0.39, 0.29) is 11.9 Å². The zero-order valence-corrected chi connectivity index (χ0v) is 15.9. The molecule has 146 valence electrons. The van der Waals surface area contributed by atoms with Gasteiger partial charge >= 0.3 is 0 Å². The Morgan fingerprint density at radius 2 is 2.00 bits per heavy atom. The van der Waals surface area contributed by atoms with Gasteiger partial charge in [-0.1, -0.05) is 18.1 Å². The molecule has 4 rings (SSSR count). The minimum Gasteiger partial charge on any atom is -0.382 e. The lowest BCUT2D eigenvalue weighted by Crippen LogP contribution is -2.30. The first kappa shape index (κ1) is 18.5. The Morgan fingerprint density at radius 3 is 2.69 bits per heavy atom. The summed E-state index contributed by atoms with van der Waals surface area (Å²) in [5.74, 6) is 5.64. The highest BCUT2D eigenvalue weighted by Gasteiger charge is 2.33. The number of carbonyl (C=O) groups is 2. The van der Waals surface area contributed by atoms with Crippen molar-refractivity contribution in [3.8, 4) is 23.1 Å². The van der Waals surface area contributed by atoms with Crippen LogP contribution in [0.1, 0.15) is 42.0 Å². The van der Waals surface area contributed by atoms with Gasteiger partial charge < -0.3 is 16.4 Å². The van der Waals surface area contributed by atoms with E-state index in [0.29, 0.717) is 35.0 Å². The number of primary amides is 1. The molecular weight excluding hydrogens is 368 g/mol. The molecular formula is C21H20N6O2. The summed E-state index contributed by atoms with van der Waals surface area (Å²) in [6, 6.07) is 6.66. The van der Waals surface area contributed by atoms with Gasteiger partial charge in [-0.25, -0.2) is 9.97 Å². The van der Waals surface area contributed by atoms with Crippen molar-refractivity contribution in [3.05, 3.63) is 48.0 Å². The molecule has 0 bridgehead atoms. The Labute approximate surface area is 167 Å². The second-order valence-electron chi connectivity index (χ2n) is 6.82.